The summed E-state index contributed by atoms with van der Waals surface area (Å²) < 4.78 is 10.3. The quantitative estimate of drug-likeness (QED) is 0.499. The van der Waals surface area contributed by atoms with Crippen LogP contribution in [0.1, 0.15) is 47.0 Å². The van der Waals surface area contributed by atoms with E-state index in [-0.39, 0.29) is 12.0 Å². The van der Waals surface area contributed by atoms with Gasteiger partial charge in [0.05, 0.1) is 7.11 Å². The Morgan fingerprint density at radius 1 is 1.35 bits per heavy atom. The molecule has 4 heteroatoms. The van der Waals surface area contributed by atoms with Crippen LogP contribution in [0.4, 0.5) is 0 Å². The fourth-order valence-corrected chi connectivity index (χ4v) is 1.87. The van der Waals surface area contributed by atoms with Gasteiger partial charge in [-0.3, -0.25) is 10.1 Å². The third kappa shape index (κ3) is 6.64. The van der Waals surface area contributed by atoms with E-state index in [2.05, 4.69) is 12.2 Å². The van der Waals surface area contributed by atoms with Crippen molar-refractivity contribution in [1.82, 2.24) is 5.32 Å². The molecule has 0 aromatic carbocycles. The molecule has 1 unspecified atom stereocenters. The Hall–Kier alpha value is -0.610. The number of esters is 1. The molecule has 0 aliphatic carbocycles. The minimum absolute atomic E-state index is 0.207. The van der Waals surface area contributed by atoms with Gasteiger partial charge < -0.3 is 9.47 Å². The van der Waals surface area contributed by atoms with Crippen molar-refractivity contribution in [3.63, 3.8) is 0 Å². The Kier molecular flexibility index (Phi) is 8.17. The van der Waals surface area contributed by atoms with Crippen LogP contribution in [-0.2, 0) is 14.3 Å². The summed E-state index contributed by atoms with van der Waals surface area (Å²) in [5.41, 5.74) is -0.613. The summed E-state index contributed by atoms with van der Waals surface area (Å²) >= 11 is 0. The van der Waals surface area contributed by atoms with Gasteiger partial charge in [0, 0.05) is 19.3 Å². The molecule has 0 aromatic heterocycles. The topological polar surface area (TPSA) is 47.6 Å². The van der Waals surface area contributed by atoms with E-state index in [4.69, 9.17) is 9.47 Å². The molecule has 0 saturated heterocycles. The highest BCUT2D eigenvalue weighted by Crippen LogP contribution is 2.15. The lowest BCUT2D eigenvalue weighted by Gasteiger charge is -2.30. The van der Waals surface area contributed by atoms with Crippen LogP contribution in [0.2, 0.25) is 0 Å². The van der Waals surface area contributed by atoms with E-state index in [9.17, 15) is 4.79 Å². The van der Waals surface area contributed by atoms with Gasteiger partial charge in [-0.15, -0.1) is 0 Å². The van der Waals surface area contributed by atoms with Crippen LogP contribution < -0.4 is 5.32 Å². The molecular formula is C13H27NO3. The molecular weight excluding hydrogens is 218 g/mol. The summed E-state index contributed by atoms with van der Waals surface area (Å²) in [7, 11) is 1.43. The third-order valence-electron chi connectivity index (χ3n) is 2.56. The van der Waals surface area contributed by atoms with Crippen LogP contribution in [0.25, 0.3) is 0 Å². The van der Waals surface area contributed by atoms with E-state index in [0.29, 0.717) is 6.61 Å². The molecule has 4 nitrogen and oxygen atoms in total. The van der Waals surface area contributed by atoms with Crippen molar-refractivity contribution in [2.24, 2.45) is 0 Å². The molecule has 0 heterocycles. The first-order valence-corrected chi connectivity index (χ1v) is 6.40. The molecule has 0 fully saturated rings. The van der Waals surface area contributed by atoms with Gasteiger partial charge in [-0.05, 0) is 40.0 Å². The Labute approximate surface area is 105 Å². The fraction of sp³-hybridized carbons (Fsp3) is 0.923. The van der Waals surface area contributed by atoms with E-state index < -0.39 is 5.54 Å². The van der Waals surface area contributed by atoms with Crippen molar-refractivity contribution in [3.8, 4) is 0 Å². The molecule has 1 N–H and O–H groups in total. The maximum atomic E-state index is 11.8. The Morgan fingerprint density at radius 2 is 2.00 bits per heavy atom. The zero-order valence-electron chi connectivity index (χ0n) is 11.8. The van der Waals surface area contributed by atoms with Crippen molar-refractivity contribution >= 4 is 5.97 Å². The number of hydrogen-bond acceptors (Lipinski definition) is 4. The molecule has 0 aliphatic rings. The van der Waals surface area contributed by atoms with Crippen molar-refractivity contribution in [3.05, 3.63) is 0 Å². The summed E-state index contributed by atoms with van der Waals surface area (Å²) in [6.45, 7) is 9.49. The van der Waals surface area contributed by atoms with E-state index in [0.717, 1.165) is 25.9 Å². The molecule has 102 valence electrons. The average molecular weight is 245 g/mol. The van der Waals surface area contributed by atoms with E-state index in [1.807, 2.05) is 20.8 Å². The summed E-state index contributed by atoms with van der Waals surface area (Å²) in [4.78, 5) is 11.8. The van der Waals surface area contributed by atoms with Crippen LogP contribution in [-0.4, -0.2) is 37.9 Å². The number of hydrogen-bond donors (Lipinski definition) is 1. The number of methoxy groups -OCH3 is 1. The van der Waals surface area contributed by atoms with Crippen molar-refractivity contribution in [2.75, 3.05) is 20.3 Å². The molecule has 0 saturated carbocycles. The molecule has 17 heavy (non-hydrogen) atoms. The molecule has 0 radical (unpaired) electrons. The van der Waals surface area contributed by atoms with E-state index >= 15 is 0 Å². The van der Waals surface area contributed by atoms with Gasteiger partial charge in [0.15, 0.2) is 0 Å². The molecule has 0 aliphatic heterocycles. The zero-order valence-corrected chi connectivity index (χ0v) is 11.8. The molecule has 0 spiro atoms. The lowest BCUT2D eigenvalue weighted by atomic mass is 9.95. The zero-order chi connectivity index (χ0) is 13.3. The van der Waals surface area contributed by atoms with Gasteiger partial charge in [0.25, 0.3) is 0 Å². The third-order valence-corrected chi connectivity index (χ3v) is 2.56. The summed E-state index contributed by atoms with van der Waals surface area (Å²) in [5, 5.41) is 3.27. The normalized spacial score (nSPS) is 14.7. The van der Waals surface area contributed by atoms with Gasteiger partial charge in [-0.2, -0.15) is 0 Å². The first-order valence-electron chi connectivity index (χ1n) is 6.40. The summed E-state index contributed by atoms with van der Waals surface area (Å²) in [6, 6.07) is 0.246. The Morgan fingerprint density at radius 3 is 2.47 bits per heavy atom. The maximum absolute atomic E-state index is 11.8. The summed E-state index contributed by atoms with van der Waals surface area (Å²) in [5.74, 6) is -0.207. The molecule has 0 bridgehead atoms. The first-order chi connectivity index (χ1) is 7.96. The smallest absolute Gasteiger partial charge is 0.325 e. The fourth-order valence-electron chi connectivity index (χ4n) is 1.87. The van der Waals surface area contributed by atoms with Crippen LogP contribution in [0.5, 0.6) is 0 Å². The molecule has 0 amide bonds. The second kappa shape index (κ2) is 8.48. The van der Waals surface area contributed by atoms with Crippen LogP contribution in [0.15, 0.2) is 0 Å². The minimum atomic E-state index is -0.613. The highest BCUT2D eigenvalue weighted by molar-refractivity contribution is 5.80. The van der Waals surface area contributed by atoms with Crippen LogP contribution >= 0.6 is 0 Å². The van der Waals surface area contributed by atoms with Gasteiger partial charge in [0.2, 0.25) is 0 Å². The Bertz CT molecular complexity index is 219. The average Bonchev–Trinajstić information content (AvgIpc) is 2.26. The molecule has 1 atom stereocenters. The first kappa shape index (κ1) is 16.4. The van der Waals surface area contributed by atoms with Crippen LogP contribution in [0, 0.1) is 0 Å². The largest absolute Gasteiger partial charge is 0.468 e. The van der Waals surface area contributed by atoms with Crippen molar-refractivity contribution in [2.45, 2.75) is 58.5 Å². The van der Waals surface area contributed by atoms with Gasteiger partial charge in [-0.1, -0.05) is 6.92 Å². The highest BCUT2D eigenvalue weighted by Gasteiger charge is 2.33. The van der Waals surface area contributed by atoms with E-state index in [1.165, 1.54) is 7.11 Å². The number of carbonyl (C=O) groups is 1. The second-order valence-corrected chi connectivity index (χ2v) is 4.84. The predicted molar refractivity (Wildman–Crippen MR) is 69.0 cm³/mol. The van der Waals surface area contributed by atoms with E-state index in [1.54, 1.807) is 0 Å². The van der Waals surface area contributed by atoms with Gasteiger partial charge in [0.1, 0.15) is 5.54 Å². The van der Waals surface area contributed by atoms with Gasteiger partial charge >= 0.3 is 5.97 Å². The molecule has 0 aromatic rings. The minimum Gasteiger partial charge on any atom is -0.468 e. The molecule has 0 rings (SSSR count). The number of ether oxygens (including phenoxy) is 2. The second-order valence-electron chi connectivity index (χ2n) is 4.84. The SMILES string of the molecule is CCCOCCCC(C)(NC(C)C)C(=O)OC. The number of carbonyl (C=O) groups excluding carboxylic acids is 1. The van der Waals surface area contributed by atoms with Crippen LogP contribution in [0.3, 0.4) is 0 Å². The Balaban J connectivity index is 4.15. The van der Waals surface area contributed by atoms with Crippen molar-refractivity contribution < 1.29 is 14.3 Å². The highest BCUT2D eigenvalue weighted by atomic mass is 16.5. The maximum Gasteiger partial charge on any atom is 0.325 e. The lowest BCUT2D eigenvalue weighted by Crippen LogP contribution is -2.53. The lowest BCUT2D eigenvalue weighted by molar-refractivity contribution is -0.148. The van der Waals surface area contributed by atoms with Crippen molar-refractivity contribution in [1.29, 1.82) is 0 Å². The predicted octanol–water partition coefficient (Wildman–Crippen LogP) is 2.12. The number of nitrogens with one attached hydrogen (secondary N) is 1. The number of rotatable bonds is 9. The van der Waals surface area contributed by atoms with Gasteiger partial charge in [-0.25, -0.2) is 0 Å². The monoisotopic (exact) mass is 245 g/mol. The standard InChI is InChI=1S/C13H27NO3/c1-6-9-17-10-7-8-13(4,12(15)16-5)14-11(2)3/h11,14H,6-10H2,1-5H3. The summed E-state index contributed by atoms with van der Waals surface area (Å²) in [6.07, 6.45) is 2.60.